The summed E-state index contributed by atoms with van der Waals surface area (Å²) in [6, 6.07) is 4.76. The van der Waals surface area contributed by atoms with Gasteiger partial charge in [-0.2, -0.15) is 13.2 Å². The van der Waals surface area contributed by atoms with Gasteiger partial charge in [-0.05, 0) is 24.3 Å². The summed E-state index contributed by atoms with van der Waals surface area (Å²) in [5.41, 5.74) is -0.151. The fourth-order valence-electron chi connectivity index (χ4n) is 2.57. The predicted octanol–water partition coefficient (Wildman–Crippen LogP) is 1.95. The number of hydrogen-bond donors (Lipinski definition) is 1. The third-order valence-corrected chi connectivity index (χ3v) is 4.23. The first-order valence-corrected chi connectivity index (χ1v) is 8.80. The lowest BCUT2D eigenvalue weighted by Gasteiger charge is -2.33. The molecule has 28 heavy (non-hydrogen) atoms. The van der Waals surface area contributed by atoms with E-state index in [1.807, 2.05) is 0 Å². The second-order valence-corrected chi connectivity index (χ2v) is 6.18. The molecule has 0 saturated carbocycles. The molecule has 0 unspecified atom stereocenters. The van der Waals surface area contributed by atoms with Crippen molar-refractivity contribution in [1.29, 1.82) is 0 Å². The number of ether oxygens (including phenoxy) is 1. The van der Waals surface area contributed by atoms with Crippen LogP contribution in [0.15, 0.2) is 24.3 Å². The zero-order chi connectivity index (χ0) is 20.6. The molecule has 1 aliphatic rings. The Bertz CT molecular complexity index is 731. The highest BCUT2D eigenvalue weighted by molar-refractivity contribution is 5.79. The summed E-state index contributed by atoms with van der Waals surface area (Å²) in [6.45, 7) is 2.73. The zero-order valence-corrected chi connectivity index (χ0v) is 15.5. The molecule has 0 atom stereocenters. The molecule has 0 aromatic heterocycles. The van der Waals surface area contributed by atoms with Crippen LogP contribution < -0.4 is 5.32 Å². The molecule has 1 aromatic rings. The van der Waals surface area contributed by atoms with E-state index in [0.717, 1.165) is 12.1 Å². The van der Waals surface area contributed by atoms with E-state index in [2.05, 4.69) is 22.1 Å². The largest absolute Gasteiger partial charge is 0.439 e. The second-order valence-electron chi connectivity index (χ2n) is 6.18. The smallest absolute Gasteiger partial charge is 0.416 e. The molecular weight excluding hydrogens is 375 g/mol. The van der Waals surface area contributed by atoms with Gasteiger partial charge in [0.25, 0.3) is 5.91 Å². The maximum atomic E-state index is 12.5. The lowest BCUT2D eigenvalue weighted by Crippen LogP contribution is -2.49. The number of nitrogens with one attached hydrogen (secondary N) is 1. The second kappa shape index (κ2) is 9.99. The fourth-order valence-corrected chi connectivity index (χ4v) is 2.57. The number of nitrogens with zero attached hydrogens (tertiary/aromatic N) is 2. The molecule has 152 valence electrons. The van der Waals surface area contributed by atoms with E-state index in [9.17, 15) is 22.8 Å². The molecule has 2 amide bonds. The molecule has 0 spiro atoms. The number of carbonyl (C=O) groups excluding carboxylic acids is 2. The van der Waals surface area contributed by atoms with Gasteiger partial charge in [-0.1, -0.05) is 11.8 Å². The normalized spacial score (nSPS) is 14.8. The fraction of sp³-hybridized carbons (Fsp3) is 0.474. The average Bonchev–Trinajstić information content (AvgIpc) is 2.69. The molecule has 1 N–H and O–H groups in total. The first kappa shape index (κ1) is 21.6. The molecule has 0 radical (unpaired) electrons. The Labute approximate surface area is 161 Å². The van der Waals surface area contributed by atoms with Crippen LogP contribution in [0.1, 0.15) is 17.5 Å². The van der Waals surface area contributed by atoms with Crippen molar-refractivity contribution in [3.63, 3.8) is 0 Å². The number of benzene rings is 1. The molecule has 2 rings (SSSR count). The van der Waals surface area contributed by atoms with Gasteiger partial charge in [-0.15, -0.1) is 0 Å². The van der Waals surface area contributed by atoms with Gasteiger partial charge in [0, 0.05) is 51.8 Å². The number of amides is 2. The molecule has 1 heterocycles. The van der Waals surface area contributed by atoms with Crippen LogP contribution >= 0.6 is 0 Å². The Kier molecular flexibility index (Phi) is 7.70. The summed E-state index contributed by atoms with van der Waals surface area (Å²) in [5.74, 6) is 5.45. The van der Waals surface area contributed by atoms with E-state index in [-0.39, 0.29) is 12.5 Å². The number of carbonyl (C=O) groups is 2. The number of hydrogen-bond acceptors (Lipinski definition) is 4. The van der Waals surface area contributed by atoms with E-state index in [1.54, 1.807) is 4.90 Å². The number of alkyl halides is 3. The van der Waals surface area contributed by atoms with Gasteiger partial charge in [-0.3, -0.25) is 9.69 Å². The zero-order valence-electron chi connectivity index (χ0n) is 15.5. The highest BCUT2D eigenvalue weighted by atomic mass is 19.4. The lowest BCUT2D eigenvalue weighted by atomic mass is 10.1. The summed E-state index contributed by atoms with van der Waals surface area (Å²) in [7, 11) is 1.47. The first-order valence-electron chi connectivity index (χ1n) is 8.80. The van der Waals surface area contributed by atoms with Crippen LogP contribution in [0.5, 0.6) is 0 Å². The topological polar surface area (TPSA) is 61.9 Å². The van der Waals surface area contributed by atoms with E-state index >= 15 is 0 Å². The van der Waals surface area contributed by atoms with Crippen LogP contribution in [0, 0.1) is 11.8 Å². The van der Waals surface area contributed by atoms with Crippen molar-refractivity contribution in [2.24, 2.45) is 0 Å². The Balaban J connectivity index is 1.70. The summed E-state index contributed by atoms with van der Waals surface area (Å²) >= 11 is 0. The van der Waals surface area contributed by atoms with Gasteiger partial charge in [0.05, 0.1) is 5.56 Å². The molecule has 1 saturated heterocycles. The molecule has 1 fully saturated rings. The first-order chi connectivity index (χ1) is 13.3. The minimum Gasteiger partial charge on any atom is -0.439 e. The van der Waals surface area contributed by atoms with Gasteiger partial charge < -0.3 is 15.0 Å². The SMILES string of the molecule is CNC(=O)COC(=O)N1CCN(CCC#Cc2ccc(C(F)(F)F)cc2)CC1. The van der Waals surface area contributed by atoms with Crippen molar-refractivity contribution in [2.45, 2.75) is 12.6 Å². The van der Waals surface area contributed by atoms with Gasteiger partial charge in [0.1, 0.15) is 0 Å². The molecular formula is C19H22F3N3O3. The van der Waals surface area contributed by atoms with E-state index in [0.29, 0.717) is 44.7 Å². The molecule has 0 aliphatic carbocycles. The summed E-state index contributed by atoms with van der Waals surface area (Å²) < 4.78 is 42.4. The number of likely N-dealkylation sites (N-methyl/N-ethyl adjacent to an activating group) is 1. The van der Waals surface area contributed by atoms with E-state index < -0.39 is 17.8 Å². The molecule has 6 nitrogen and oxygen atoms in total. The number of rotatable bonds is 4. The summed E-state index contributed by atoms with van der Waals surface area (Å²) in [6.07, 6.45) is -4.28. The number of piperazine rings is 1. The van der Waals surface area contributed by atoms with Gasteiger partial charge >= 0.3 is 12.3 Å². The van der Waals surface area contributed by atoms with Crippen molar-refractivity contribution in [3.8, 4) is 11.8 Å². The van der Waals surface area contributed by atoms with Crippen molar-refractivity contribution >= 4 is 12.0 Å². The molecule has 1 aliphatic heterocycles. The Hall–Kier alpha value is -2.73. The summed E-state index contributed by atoms with van der Waals surface area (Å²) in [5, 5.41) is 2.37. The van der Waals surface area contributed by atoms with Crippen molar-refractivity contribution < 1.29 is 27.5 Å². The van der Waals surface area contributed by atoms with Crippen LogP contribution in [-0.4, -0.2) is 68.2 Å². The van der Waals surface area contributed by atoms with Crippen molar-refractivity contribution in [3.05, 3.63) is 35.4 Å². The third-order valence-electron chi connectivity index (χ3n) is 4.23. The standard InChI is InChI=1S/C19H22F3N3O3/c1-23-17(26)14-28-18(27)25-12-10-24(11-13-25)9-3-2-4-15-5-7-16(8-6-15)19(20,21)22/h5-8H,3,9-14H2,1H3,(H,23,26). The van der Waals surface area contributed by atoms with Crippen molar-refractivity contribution in [1.82, 2.24) is 15.1 Å². The van der Waals surface area contributed by atoms with Crippen molar-refractivity contribution in [2.75, 3.05) is 46.4 Å². The van der Waals surface area contributed by atoms with Crippen LogP contribution in [0.25, 0.3) is 0 Å². The molecule has 1 aromatic carbocycles. The highest BCUT2D eigenvalue weighted by Crippen LogP contribution is 2.28. The minimum atomic E-state index is -4.34. The minimum absolute atomic E-state index is 0.297. The van der Waals surface area contributed by atoms with Crippen LogP contribution in [0.4, 0.5) is 18.0 Å². The summed E-state index contributed by atoms with van der Waals surface area (Å²) in [4.78, 5) is 26.6. The van der Waals surface area contributed by atoms with Gasteiger partial charge in [0.2, 0.25) is 0 Å². The van der Waals surface area contributed by atoms with Gasteiger partial charge in [0.15, 0.2) is 6.61 Å². The maximum Gasteiger partial charge on any atom is 0.416 e. The number of halogens is 3. The van der Waals surface area contributed by atoms with Crippen LogP contribution in [-0.2, 0) is 15.7 Å². The Morgan fingerprint density at radius 2 is 1.79 bits per heavy atom. The van der Waals surface area contributed by atoms with Crippen LogP contribution in [0.3, 0.4) is 0 Å². The Morgan fingerprint density at radius 3 is 2.36 bits per heavy atom. The molecule has 9 heteroatoms. The third kappa shape index (κ3) is 6.78. The highest BCUT2D eigenvalue weighted by Gasteiger charge is 2.29. The van der Waals surface area contributed by atoms with E-state index in [1.165, 1.54) is 19.2 Å². The monoisotopic (exact) mass is 397 g/mol. The molecule has 0 bridgehead atoms. The quantitative estimate of drug-likeness (QED) is 0.789. The van der Waals surface area contributed by atoms with Crippen LogP contribution in [0.2, 0.25) is 0 Å². The predicted molar refractivity (Wildman–Crippen MR) is 96.4 cm³/mol. The average molecular weight is 397 g/mol. The van der Waals surface area contributed by atoms with Gasteiger partial charge in [-0.25, -0.2) is 4.79 Å². The maximum absolute atomic E-state index is 12.5. The Morgan fingerprint density at radius 1 is 1.14 bits per heavy atom. The van der Waals surface area contributed by atoms with E-state index in [4.69, 9.17) is 4.74 Å². The lowest BCUT2D eigenvalue weighted by molar-refractivity contribution is -0.137.